The molecule has 74 valence electrons. The van der Waals surface area contributed by atoms with Crippen molar-refractivity contribution in [2.45, 2.75) is 25.9 Å². The van der Waals surface area contributed by atoms with E-state index in [1.54, 1.807) is 7.11 Å². The Kier molecular flexibility index (Phi) is 6.34. The second-order valence-corrected chi connectivity index (χ2v) is 3.57. The minimum absolute atomic E-state index is 0.00659. The third-order valence-corrected chi connectivity index (χ3v) is 2.01. The Morgan fingerprint density at radius 2 is 1.83 bits per heavy atom. The van der Waals surface area contributed by atoms with Crippen molar-refractivity contribution in [2.24, 2.45) is 0 Å². The smallest absolute Gasteiger partial charge is 0.0634 e. The molecule has 0 aliphatic rings. The molecule has 0 bridgehead atoms. The molecule has 0 atom stereocenters. The molecule has 0 saturated heterocycles. The van der Waals surface area contributed by atoms with E-state index in [1.165, 1.54) is 0 Å². The average Bonchev–Trinajstić information content (AvgIpc) is 2.04. The minimum Gasteiger partial charge on any atom is -0.379 e. The van der Waals surface area contributed by atoms with E-state index in [-0.39, 0.29) is 5.60 Å². The van der Waals surface area contributed by atoms with E-state index < -0.39 is 0 Å². The molecule has 0 aromatic rings. The number of likely N-dealkylation sites (N-methyl/N-ethyl adjacent to an activating group) is 1. The van der Waals surface area contributed by atoms with E-state index in [1.807, 2.05) is 7.05 Å². The highest BCUT2D eigenvalue weighted by Crippen LogP contribution is 2.10. The van der Waals surface area contributed by atoms with Crippen LogP contribution in [0.15, 0.2) is 0 Å². The molecule has 0 fully saturated rings. The third kappa shape index (κ3) is 6.58. The summed E-state index contributed by atoms with van der Waals surface area (Å²) in [5.41, 5.74) is 0.00659. The Morgan fingerprint density at radius 3 is 2.33 bits per heavy atom. The first kappa shape index (κ1) is 11.9. The van der Waals surface area contributed by atoms with Gasteiger partial charge in [0, 0.05) is 20.2 Å². The summed E-state index contributed by atoms with van der Waals surface area (Å²) in [7, 11) is 3.72. The van der Waals surface area contributed by atoms with Gasteiger partial charge < -0.3 is 15.4 Å². The van der Waals surface area contributed by atoms with Gasteiger partial charge in [-0.2, -0.15) is 0 Å². The van der Waals surface area contributed by atoms with Gasteiger partial charge in [0.25, 0.3) is 0 Å². The number of methoxy groups -OCH3 is 1. The first-order chi connectivity index (χ1) is 5.62. The van der Waals surface area contributed by atoms with E-state index in [4.69, 9.17) is 4.74 Å². The third-order valence-electron chi connectivity index (χ3n) is 2.01. The Morgan fingerprint density at radius 1 is 1.17 bits per heavy atom. The zero-order valence-electron chi connectivity index (χ0n) is 8.74. The quantitative estimate of drug-likeness (QED) is 0.555. The van der Waals surface area contributed by atoms with Crippen molar-refractivity contribution in [3.8, 4) is 0 Å². The van der Waals surface area contributed by atoms with Crippen LogP contribution in [-0.2, 0) is 4.74 Å². The van der Waals surface area contributed by atoms with Crippen LogP contribution in [0, 0.1) is 0 Å². The molecule has 0 amide bonds. The summed E-state index contributed by atoms with van der Waals surface area (Å²) >= 11 is 0. The molecule has 3 heteroatoms. The number of ether oxygens (including phenoxy) is 1. The highest BCUT2D eigenvalue weighted by Gasteiger charge is 2.14. The van der Waals surface area contributed by atoms with E-state index in [9.17, 15) is 0 Å². The predicted molar refractivity (Wildman–Crippen MR) is 52.5 cm³/mol. The van der Waals surface area contributed by atoms with Gasteiger partial charge >= 0.3 is 0 Å². The number of hydrogen-bond donors (Lipinski definition) is 2. The lowest BCUT2D eigenvalue weighted by Gasteiger charge is -2.22. The topological polar surface area (TPSA) is 33.3 Å². The average molecular weight is 174 g/mol. The summed E-state index contributed by atoms with van der Waals surface area (Å²) in [5.74, 6) is 0. The standard InChI is InChI=1S/C9H22N2O/c1-9(2,12-4)5-6-11-8-7-10-3/h10-11H,5-8H2,1-4H3. The molecule has 0 saturated carbocycles. The first-order valence-electron chi connectivity index (χ1n) is 4.53. The van der Waals surface area contributed by atoms with Crippen LogP contribution < -0.4 is 10.6 Å². The Hall–Kier alpha value is -0.120. The molecule has 0 aromatic carbocycles. The predicted octanol–water partition coefficient (Wildman–Crippen LogP) is 0.610. The molecule has 2 N–H and O–H groups in total. The second kappa shape index (κ2) is 6.40. The van der Waals surface area contributed by atoms with Crippen molar-refractivity contribution >= 4 is 0 Å². The van der Waals surface area contributed by atoms with E-state index >= 15 is 0 Å². The SMILES string of the molecule is CNCCNCCC(C)(C)OC. The monoisotopic (exact) mass is 174 g/mol. The van der Waals surface area contributed by atoms with Crippen LogP contribution in [0.5, 0.6) is 0 Å². The minimum atomic E-state index is 0.00659. The van der Waals surface area contributed by atoms with Crippen LogP contribution in [0.3, 0.4) is 0 Å². The van der Waals surface area contributed by atoms with E-state index in [0.29, 0.717) is 0 Å². The maximum absolute atomic E-state index is 5.29. The van der Waals surface area contributed by atoms with Crippen molar-refractivity contribution in [2.75, 3.05) is 33.8 Å². The Labute approximate surface area is 75.9 Å². The highest BCUT2D eigenvalue weighted by molar-refractivity contribution is 4.68. The van der Waals surface area contributed by atoms with Gasteiger partial charge in [0.1, 0.15) is 0 Å². The first-order valence-corrected chi connectivity index (χ1v) is 4.53. The molecular formula is C9H22N2O. The van der Waals surface area contributed by atoms with Crippen LogP contribution in [0.1, 0.15) is 20.3 Å². The molecule has 3 nitrogen and oxygen atoms in total. The van der Waals surface area contributed by atoms with E-state index in [0.717, 1.165) is 26.1 Å². The van der Waals surface area contributed by atoms with Gasteiger partial charge in [-0.05, 0) is 33.9 Å². The zero-order chi connectivity index (χ0) is 9.45. The summed E-state index contributed by atoms with van der Waals surface area (Å²) in [6, 6.07) is 0. The fraction of sp³-hybridized carbons (Fsp3) is 1.00. The molecule has 0 aromatic heterocycles. The van der Waals surface area contributed by atoms with Gasteiger partial charge in [0.2, 0.25) is 0 Å². The summed E-state index contributed by atoms with van der Waals surface area (Å²) in [4.78, 5) is 0. The van der Waals surface area contributed by atoms with Gasteiger partial charge in [0.05, 0.1) is 5.60 Å². The van der Waals surface area contributed by atoms with Crippen LogP contribution in [0.25, 0.3) is 0 Å². The fourth-order valence-corrected chi connectivity index (χ4v) is 0.830. The second-order valence-electron chi connectivity index (χ2n) is 3.57. The van der Waals surface area contributed by atoms with Gasteiger partial charge in [-0.25, -0.2) is 0 Å². The molecule has 12 heavy (non-hydrogen) atoms. The molecule has 0 heterocycles. The molecule has 0 aliphatic carbocycles. The number of hydrogen-bond acceptors (Lipinski definition) is 3. The van der Waals surface area contributed by atoms with Crippen molar-refractivity contribution in [3.05, 3.63) is 0 Å². The van der Waals surface area contributed by atoms with Gasteiger partial charge in [-0.15, -0.1) is 0 Å². The summed E-state index contributed by atoms with van der Waals surface area (Å²) in [5, 5.41) is 6.42. The maximum atomic E-state index is 5.29. The number of rotatable bonds is 7. The molecule has 0 rings (SSSR count). The van der Waals surface area contributed by atoms with Crippen molar-refractivity contribution in [3.63, 3.8) is 0 Å². The van der Waals surface area contributed by atoms with Crippen molar-refractivity contribution in [1.82, 2.24) is 10.6 Å². The van der Waals surface area contributed by atoms with Crippen LogP contribution in [0.4, 0.5) is 0 Å². The normalized spacial score (nSPS) is 12.0. The lowest BCUT2D eigenvalue weighted by atomic mass is 10.1. The molecule has 0 radical (unpaired) electrons. The van der Waals surface area contributed by atoms with Gasteiger partial charge in [0.15, 0.2) is 0 Å². The Balaban J connectivity index is 3.19. The lowest BCUT2D eigenvalue weighted by Crippen LogP contribution is -2.31. The van der Waals surface area contributed by atoms with Crippen LogP contribution in [-0.4, -0.2) is 39.4 Å². The fourth-order valence-electron chi connectivity index (χ4n) is 0.830. The summed E-state index contributed by atoms with van der Waals surface area (Å²) in [6.07, 6.45) is 1.05. The van der Waals surface area contributed by atoms with Crippen molar-refractivity contribution in [1.29, 1.82) is 0 Å². The largest absolute Gasteiger partial charge is 0.379 e. The summed E-state index contributed by atoms with van der Waals surface area (Å²) in [6.45, 7) is 7.27. The maximum Gasteiger partial charge on any atom is 0.0634 e. The van der Waals surface area contributed by atoms with Crippen molar-refractivity contribution < 1.29 is 4.74 Å². The zero-order valence-corrected chi connectivity index (χ0v) is 8.74. The Bertz CT molecular complexity index is 105. The molecule has 0 unspecified atom stereocenters. The van der Waals surface area contributed by atoms with E-state index in [2.05, 4.69) is 24.5 Å². The van der Waals surface area contributed by atoms with Crippen LogP contribution in [0.2, 0.25) is 0 Å². The molecule has 0 aliphatic heterocycles. The number of nitrogens with one attached hydrogen (secondary N) is 2. The molecule has 0 spiro atoms. The lowest BCUT2D eigenvalue weighted by molar-refractivity contribution is 0.0159. The highest BCUT2D eigenvalue weighted by atomic mass is 16.5. The summed E-state index contributed by atoms with van der Waals surface area (Å²) < 4.78 is 5.29. The molecular weight excluding hydrogens is 152 g/mol. The van der Waals surface area contributed by atoms with Crippen LogP contribution >= 0.6 is 0 Å². The van der Waals surface area contributed by atoms with Gasteiger partial charge in [-0.3, -0.25) is 0 Å². The van der Waals surface area contributed by atoms with Gasteiger partial charge in [-0.1, -0.05) is 0 Å².